The van der Waals surface area contributed by atoms with Crippen LogP contribution in [0.5, 0.6) is 0 Å². The van der Waals surface area contributed by atoms with Crippen LogP contribution >= 0.6 is 11.3 Å². The molecule has 0 aliphatic heterocycles. The molecule has 0 unspecified atom stereocenters. The first-order chi connectivity index (χ1) is 8.31. The van der Waals surface area contributed by atoms with E-state index in [-0.39, 0.29) is 0 Å². The molecule has 1 heterocycles. The number of rotatable bonds is 7. The van der Waals surface area contributed by atoms with E-state index in [2.05, 4.69) is 34.0 Å². The third-order valence-corrected chi connectivity index (χ3v) is 3.74. The molecule has 1 fully saturated rings. The number of carbonyl (C=O) groups excluding carboxylic acids is 1. The van der Waals surface area contributed by atoms with E-state index >= 15 is 0 Å². The summed E-state index contributed by atoms with van der Waals surface area (Å²) in [5.74, 6) is 0.291. The van der Waals surface area contributed by atoms with Crippen molar-refractivity contribution >= 4 is 17.2 Å². The van der Waals surface area contributed by atoms with Gasteiger partial charge in [0.2, 0.25) is 5.91 Å². The van der Waals surface area contributed by atoms with Crippen molar-refractivity contribution in [3.05, 3.63) is 22.4 Å². The Morgan fingerprint density at radius 2 is 2.41 bits per heavy atom. The van der Waals surface area contributed by atoms with Crippen molar-refractivity contribution in [1.82, 2.24) is 10.2 Å². The lowest BCUT2D eigenvalue weighted by atomic mass is 10.2. The van der Waals surface area contributed by atoms with Gasteiger partial charge in [-0.05, 0) is 41.8 Å². The highest BCUT2D eigenvalue weighted by atomic mass is 32.1. The van der Waals surface area contributed by atoms with Crippen LogP contribution in [-0.2, 0) is 11.3 Å². The third-order valence-electron chi connectivity index (χ3n) is 3.01. The molecule has 2 rings (SSSR count). The molecule has 94 valence electrons. The van der Waals surface area contributed by atoms with Crippen LogP contribution in [0.15, 0.2) is 16.8 Å². The molecule has 1 saturated carbocycles. The van der Waals surface area contributed by atoms with E-state index in [4.69, 9.17) is 0 Å². The lowest BCUT2D eigenvalue weighted by Gasteiger charge is -2.22. The summed E-state index contributed by atoms with van der Waals surface area (Å²) >= 11 is 1.70. The van der Waals surface area contributed by atoms with Crippen LogP contribution in [0.4, 0.5) is 0 Å². The molecule has 0 bridgehead atoms. The van der Waals surface area contributed by atoms with Gasteiger partial charge in [0.05, 0.1) is 0 Å². The Bertz CT molecular complexity index is 346. The number of nitrogens with zero attached hydrogens (tertiary/aromatic N) is 1. The molecule has 3 nitrogen and oxygen atoms in total. The number of hydrogen-bond donors (Lipinski definition) is 1. The predicted molar refractivity (Wildman–Crippen MR) is 71.1 cm³/mol. The van der Waals surface area contributed by atoms with Crippen molar-refractivity contribution in [2.75, 3.05) is 13.1 Å². The maximum Gasteiger partial charge on any atom is 0.224 e. The van der Waals surface area contributed by atoms with Crippen molar-refractivity contribution < 1.29 is 4.79 Å². The summed E-state index contributed by atoms with van der Waals surface area (Å²) in [6.07, 6.45) is 2.97. The Morgan fingerprint density at radius 1 is 1.59 bits per heavy atom. The molecule has 1 aromatic heterocycles. The van der Waals surface area contributed by atoms with Gasteiger partial charge in [0.25, 0.3) is 0 Å². The first-order valence-electron chi connectivity index (χ1n) is 6.32. The fraction of sp³-hybridized carbons (Fsp3) is 0.615. The highest BCUT2D eigenvalue weighted by molar-refractivity contribution is 7.07. The van der Waals surface area contributed by atoms with Gasteiger partial charge < -0.3 is 10.2 Å². The molecule has 0 saturated heterocycles. The summed E-state index contributed by atoms with van der Waals surface area (Å²) in [7, 11) is 0. The lowest BCUT2D eigenvalue weighted by molar-refractivity contribution is -0.132. The fourth-order valence-corrected chi connectivity index (χ4v) is 2.56. The Kier molecular flexibility index (Phi) is 4.57. The maximum absolute atomic E-state index is 12.1. The van der Waals surface area contributed by atoms with Gasteiger partial charge in [-0.3, -0.25) is 4.79 Å². The number of hydrogen-bond acceptors (Lipinski definition) is 3. The van der Waals surface area contributed by atoms with Crippen LogP contribution in [0.2, 0.25) is 0 Å². The van der Waals surface area contributed by atoms with E-state index in [1.54, 1.807) is 11.3 Å². The van der Waals surface area contributed by atoms with E-state index in [1.165, 1.54) is 18.4 Å². The second kappa shape index (κ2) is 6.17. The van der Waals surface area contributed by atoms with Crippen molar-refractivity contribution in [3.63, 3.8) is 0 Å². The highest BCUT2D eigenvalue weighted by Gasteiger charge is 2.32. The average molecular weight is 252 g/mol. The molecule has 1 N–H and O–H groups in total. The molecule has 1 aromatic rings. The zero-order valence-electron chi connectivity index (χ0n) is 10.3. The summed E-state index contributed by atoms with van der Waals surface area (Å²) < 4.78 is 0. The Hall–Kier alpha value is -0.870. The summed E-state index contributed by atoms with van der Waals surface area (Å²) in [6, 6.07) is 2.61. The SMILES string of the molecule is CCNCCC(=O)N(Cc1ccsc1)C1CC1. The molecular formula is C13H20N2OS. The minimum Gasteiger partial charge on any atom is -0.335 e. The number of nitrogens with one attached hydrogen (secondary N) is 1. The van der Waals surface area contributed by atoms with Crippen molar-refractivity contribution in [2.45, 2.75) is 38.8 Å². The molecule has 0 aromatic carbocycles. The normalized spacial score (nSPS) is 14.9. The second-order valence-electron chi connectivity index (χ2n) is 4.49. The van der Waals surface area contributed by atoms with E-state index in [0.29, 0.717) is 18.4 Å². The first kappa shape index (κ1) is 12.6. The highest BCUT2D eigenvalue weighted by Crippen LogP contribution is 2.29. The van der Waals surface area contributed by atoms with Gasteiger partial charge in [-0.1, -0.05) is 6.92 Å². The lowest BCUT2D eigenvalue weighted by Crippen LogP contribution is -2.34. The molecular weight excluding hydrogens is 232 g/mol. The molecule has 0 spiro atoms. The number of carbonyl (C=O) groups is 1. The van der Waals surface area contributed by atoms with Crippen LogP contribution in [0.25, 0.3) is 0 Å². The van der Waals surface area contributed by atoms with Crippen molar-refractivity contribution in [1.29, 1.82) is 0 Å². The number of amides is 1. The molecule has 4 heteroatoms. The summed E-state index contributed by atoms with van der Waals surface area (Å²) in [4.78, 5) is 14.2. The Morgan fingerprint density at radius 3 is 3.00 bits per heavy atom. The van der Waals surface area contributed by atoms with E-state index in [0.717, 1.165) is 19.6 Å². The molecule has 0 atom stereocenters. The van der Waals surface area contributed by atoms with Gasteiger partial charge in [-0.15, -0.1) is 0 Å². The van der Waals surface area contributed by atoms with Crippen LogP contribution in [0.3, 0.4) is 0 Å². The second-order valence-corrected chi connectivity index (χ2v) is 5.27. The Balaban J connectivity index is 1.86. The average Bonchev–Trinajstić information content (AvgIpc) is 3.03. The van der Waals surface area contributed by atoms with Gasteiger partial charge in [-0.25, -0.2) is 0 Å². The zero-order chi connectivity index (χ0) is 12.1. The standard InChI is InChI=1S/C13H20N2OS/c1-2-14-7-5-13(16)15(12-3-4-12)9-11-6-8-17-10-11/h6,8,10,12,14H,2-5,7,9H2,1H3. The van der Waals surface area contributed by atoms with Gasteiger partial charge in [0.1, 0.15) is 0 Å². The van der Waals surface area contributed by atoms with Crippen LogP contribution in [-0.4, -0.2) is 29.9 Å². The minimum absolute atomic E-state index is 0.291. The Labute approximate surface area is 107 Å². The van der Waals surface area contributed by atoms with E-state index in [9.17, 15) is 4.79 Å². The van der Waals surface area contributed by atoms with Crippen LogP contribution in [0, 0.1) is 0 Å². The van der Waals surface area contributed by atoms with E-state index in [1.807, 2.05) is 0 Å². The number of thiophene rings is 1. The van der Waals surface area contributed by atoms with Crippen LogP contribution in [0.1, 0.15) is 31.7 Å². The van der Waals surface area contributed by atoms with Gasteiger partial charge in [0.15, 0.2) is 0 Å². The zero-order valence-corrected chi connectivity index (χ0v) is 11.1. The topological polar surface area (TPSA) is 32.3 Å². The molecule has 1 aliphatic rings. The monoisotopic (exact) mass is 252 g/mol. The van der Waals surface area contributed by atoms with Crippen molar-refractivity contribution in [3.8, 4) is 0 Å². The quantitative estimate of drug-likeness (QED) is 0.755. The van der Waals surface area contributed by atoms with Gasteiger partial charge in [-0.2, -0.15) is 11.3 Å². The predicted octanol–water partition coefficient (Wildman–Crippen LogP) is 2.24. The molecule has 17 heavy (non-hydrogen) atoms. The van der Waals surface area contributed by atoms with Gasteiger partial charge >= 0.3 is 0 Å². The summed E-state index contributed by atoms with van der Waals surface area (Å²) in [5.41, 5.74) is 1.26. The summed E-state index contributed by atoms with van der Waals surface area (Å²) in [5, 5.41) is 7.41. The molecule has 0 radical (unpaired) electrons. The smallest absolute Gasteiger partial charge is 0.224 e. The first-order valence-corrected chi connectivity index (χ1v) is 7.26. The third kappa shape index (κ3) is 3.82. The van der Waals surface area contributed by atoms with Gasteiger partial charge in [0, 0.05) is 25.6 Å². The van der Waals surface area contributed by atoms with Crippen molar-refractivity contribution in [2.24, 2.45) is 0 Å². The largest absolute Gasteiger partial charge is 0.335 e. The molecule has 1 aliphatic carbocycles. The van der Waals surface area contributed by atoms with E-state index < -0.39 is 0 Å². The maximum atomic E-state index is 12.1. The van der Waals surface area contributed by atoms with Crippen LogP contribution < -0.4 is 5.32 Å². The summed E-state index contributed by atoms with van der Waals surface area (Å²) in [6.45, 7) is 4.58. The minimum atomic E-state index is 0.291. The molecule has 1 amide bonds. The fourth-order valence-electron chi connectivity index (χ4n) is 1.90.